The first kappa shape index (κ1) is 15.5. The Morgan fingerprint density at radius 3 is 2.17 bits per heavy atom. The lowest BCUT2D eigenvalue weighted by Crippen LogP contribution is -2.13. The highest BCUT2D eigenvalue weighted by Gasteiger charge is 2.16. The number of aromatic amines is 1. The quantitative estimate of drug-likeness (QED) is 0.625. The Bertz CT molecular complexity index is 957. The standard InChI is InChI=1S/C17H9BrClN3O/c1-20-13-8-4-11(5-9-13)15-14(16(18)21-22-17(15)23)10-2-6-12(19)7-3-10/h2-9H,(H,22,23). The van der Waals surface area contributed by atoms with E-state index >= 15 is 0 Å². The molecule has 0 bridgehead atoms. The number of nitrogens with zero attached hydrogens (tertiary/aromatic N) is 2. The van der Waals surface area contributed by atoms with Gasteiger partial charge in [0.05, 0.1) is 12.1 Å². The summed E-state index contributed by atoms with van der Waals surface area (Å²) in [5.41, 5.74) is 2.93. The smallest absolute Gasteiger partial charge is 0.267 e. The lowest BCUT2D eigenvalue weighted by molar-refractivity contribution is 0.972. The van der Waals surface area contributed by atoms with E-state index in [4.69, 9.17) is 18.2 Å². The Balaban J connectivity index is 2.27. The van der Waals surface area contributed by atoms with Gasteiger partial charge in [-0.2, -0.15) is 5.10 Å². The summed E-state index contributed by atoms with van der Waals surface area (Å²) in [5.74, 6) is 0. The second kappa shape index (κ2) is 6.37. The molecule has 3 aromatic rings. The maximum atomic E-state index is 12.4. The van der Waals surface area contributed by atoms with Gasteiger partial charge in [-0.25, -0.2) is 9.94 Å². The van der Waals surface area contributed by atoms with Crippen LogP contribution in [-0.4, -0.2) is 10.2 Å². The molecule has 0 aliphatic rings. The molecule has 0 aliphatic carbocycles. The predicted octanol–water partition coefficient (Wildman–Crippen LogP) is 5.07. The van der Waals surface area contributed by atoms with Crippen molar-refractivity contribution in [2.45, 2.75) is 0 Å². The third-order valence-corrected chi connectivity index (χ3v) is 4.18. The van der Waals surface area contributed by atoms with Crippen LogP contribution in [0.5, 0.6) is 0 Å². The van der Waals surface area contributed by atoms with Crippen LogP contribution in [0.1, 0.15) is 0 Å². The van der Waals surface area contributed by atoms with Crippen LogP contribution in [0.25, 0.3) is 27.1 Å². The Labute approximate surface area is 145 Å². The molecule has 23 heavy (non-hydrogen) atoms. The van der Waals surface area contributed by atoms with Gasteiger partial charge in [0.15, 0.2) is 5.69 Å². The molecule has 0 aliphatic heterocycles. The molecule has 0 amide bonds. The third kappa shape index (κ3) is 3.04. The van der Waals surface area contributed by atoms with Gasteiger partial charge in [-0.3, -0.25) is 4.79 Å². The molecular formula is C17H9BrClN3O. The fourth-order valence-corrected chi connectivity index (χ4v) is 2.93. The second-order valence-corrected chi connectivity index (χ2v) is 5.95. The molecule has 1 aromatic heterocycles. The van der Waals surface area contributed by atoms with Crippen molar-refractivity contribution in [3.8, 4) is 22.3 Å². The zero-order valence-electron chi connectivity index (χ0n) is 11.7. The fourth-order valence-electron chi connectivity index (χ4n) is 2.29. The van der Waals surface area contributed by atoms with Gasteiger partial charge in [0.2, 0.25) is 0 Å². The molecule has 1 heterocycles. The maximum Gasteiger partial charge on any atom is 0.272 e. The summed E-state index contributed by atoms with van der Waals surface area (Å²) in [7, 11) is 0. The molecule has 4 nitrogen and oxygen atoms in total. The lowest BCUT2D eigenvalue weighted by atomic mass is 9.97. The van der Waals surface area contributed by atoms with Gasteiger partial charge in [-0.1, -0.05) is 48.0 Å². The number of halogens is 2. The largest absolute Gasteiger partial charge is 0.272 e. The van der Waals surface area contributed by atoms with Crippen molar-refractivity contribution in [2.75, 3.05) is 0 Å². The van der Waals surface area contributed by atoms with E-state index in [2.05, 4.69) is 31.0 Å². The summed E-state index contributed by atoms with van der Waals surface area (Å²) in [5, 5.41) is 7.09. The highest BCUT2D eigenvalue weighted by atomic mass is 79.9. The predicted molar refractivity (Wildman–Crippen MR) is 94.7 cm³/mol. The number of nitrogens with one attached hydrogen (secondary N) is 1. The van der Waals surface area contributed by atoms with Crippen LogP contribution in [0.4, 0.5) is 5.69 Å². The SMILES string of the molecule is [C-]#[N+]c1ccc(-c2c(-c3ccc(Cl)cc3)c(Br)n[nH]c2=O)cc1. The Kier molecular flexibility index (Phi) is 4.28. The van der Waals surface area contributed by atoms with Crippen LogP contribution in [0.3, 0.4) is 0 Å². The molecule has 6 heteroatoms. The van der Waals surface area contributed by atoms with Crippen LogP contribution in [0.2, 0.25) is 5.02 Å². The number of rotatable bonds is 2. The minimum Gasteiger partial charge on any atom is -0.267 e. The Morgan fingerprint density at radius 2 is 1.57 bits per heavy atom. The number of aromatic nitrogens is 2. The molecule has 2 aromatic carbocycles. The first-order valence-electron chi connectivity index (χ1n) is 6.62. The van der Waals surface area contributed by atoms with E-state index in [1.165, 1.54) is 0 Å². The topological polar surface area (TPSA) is 50.1 Å². The maximum absolute atomic E-state index is 12.4. The highest BCUT2D eigenvalue weighted by molar-refractivity contribution is 9.10. The summed E-state index contributed by atoms with van der Waals surface area (Å²) in [6, 6.07) is 14.1. The van der Waals surface area contributed by atoms with Gasteiger partial charge in [0, 0.05) is 10.6 Å². The van der Waals surface area contributed by atoms with Gasteiger partial charge in [-0.15, -0.1) is 0 Å². The summed E-state index contributed by atoms with van der Waals surface area (Å²) in [4.78, 5) is 15.7. The summed E-state index contributed by atoms with van der Waals surface area (Å²) >= 11 is 9.34. The van der Waals surface area contributed by atoms with Gasteiger partial charge in [0.1, 0.15) is 4.60 Å². The number of hydrogen-bond donors (Lipinski definition) is 1. The van der Waals surface area contributed by atoms with E-state index in [0.717, 1.165) is 5.56 Å². The molecule has 0 unspecified atom stereocenters. The van der Waals surface area contributed by atoms with Gasteiger partial charge in [-0.05, 0) is 39.2 Å². The van der Waals surface area contributed by atoms with Crippen LogP contribution in [-0.2, 0) is 0 Å². The van der Waals surface area contributed by atoms with E-state index < -0.39 is 0 Å². The zero-order valence-corrected chi connectivity index (χ0v) is 14.0. The van der Waals surface area contributed by atoms with E-state index in [0.29, 0.717) is 32.0 Å². The Morgan fingerprint density at radius 1 is 1.00 bits per heavy atom. The van der Waals surface area contributed by atoms with Crippen LogP contribution in [0, 0.1) is 6.57 Å². The minimum atomic E-state index is -0.297. The number of benzene rings is 2. The minimum absolute atomic E-state index is 0.297. The van der Waals surface area contributed by atoms with Crippen molar-refractivity contribution < 1.29 is 0 Å². The van der Waals surface area contributed by atoms with Gasteiger partial charge < -0.3 is 0 Å². The van der Waals surface area contributed by atoms with Crippen molar-refractivity contribution in [1.29, 1.82) is 0 Å². The molecule has 1 N–H and O–H groups in total. The van der Waals surface area contributed by atoms with Crippen molar-refractivity contribution in [3.05, 3.63) is 79.9 Å². The van der Waals surface area contributed by atoms with Crippen LogP contribution < -0.4 is 5.56 Å². The third-order valence-electron chi connectivity index (χ3n) is 3.36. The molecule has 3 rings (SSSR count). The average Bonchev–Trinajstić information content (AvgIpc) is 2.58. The monoisotopic (exact) mass is 385 g/mol. The summed E-state index contributed by atoms with van der Waals surface area (Å²) < 4.78 is 0.531. The number of H-pyrrole nitrogens is 1. The molecule has 0 atom stereocenters. The zero-order chi connectivity index (χ0) is 16.4. The van der Waals surface area contributed by atoms with Gasteiger partial charge in [0.25, 0.3) is 5.56 Å². The van der Waals surface area contributed by atoms with Crippen molar-refractivity contribution >= 4 is 33.2 Å². The van der Waals surface area contributed by atoms with Crippen molar-refractivity contribution in [2.24, 2.45) is 0 Å². The lowest BCUT2D eigenvalue weighted by Gasteiger charge is -2.11. The Hall–Kier alpha value is -2.42. The van der Waals surface area contributed by atoms with Crippen LogP contribution in [0.15, 0.2) is 57.9 Å². The van der Waals surface area contributed by atoms with Crippen molar-refractivity contribution in [1.82, 2.24) is 10.2 Å². The molecule has 112 valence electrons. The van der Waals surface area contributed by atoms with E-state index in [1.807, 2.05) is 12.1 Å². The average molecular weight is 387 g/mol. The van der Waals surface area contributed by atoms with E-state index in [1.54, 1.807) is 36.4 Å². The molecular weight excluding hydrogens is 378 g/mol. The molecule has 0 saturated heterocycles. The van der Waals surface area contributed by atoms with Crippen LogP contribution >= 0.6 is 27.5 Å². The molecule has 0 spiro atoms. The molecule has 0 radical (unpaired) electrons. The second-order valence-electron chi connectivity index (χ2n) is 4.76. The fraction of sp³-hybridized carbons (Fsp3) is 0. The van der Waals surface area contributed by atoms with Gasteiger partial charge >= 0.3 is 0 Å². The normalized spacial score (nSPS) is 10.3. The highest BCUT2D eigenvalue weighted by Crippen LogP contribution is 2.35. The summed E-state index contributed by atoms with van der Waals surface area (Å²) in [6.45, 7) is 7.02. The number of hydrogen-bond acceptors (Lipinski definition) is 2. The summed E-state index contributed by atoms with van der Waals surface area (Å²) in [6.07, 6.45) is 0. The van der Waals surface area contributed by atoms with E-state index in [-0.39, 0.29) is 5.56 Å². The van der Waals surface area contributed by atoms with E-state index in [9.17, 15) is 4.79 Å². The first-order chi connectivity index (χ1) is 11.1. The molecule has 0 fully saturated rings. The first-order valence-corrected chi connectivity index (χ1v) is 7.79. The van der Waals surface area contributed by atoms with Crippen molar-refractivity contribution in [3.63, 3.8) is 0 Å². The molecule has 0 saturated carbocycles.